The van der Waals surface area contributed by atoms with Crippen molar-refractivity contribution in [3.8, 4) is 16.9 Å². The summed E-state index contributed by atoms with van der Waals surface area (Å²) in [6.07, 6.45) is 1.36. The molecular weight excluding hydrogens is 244 g/mol. The second-order valence-corrected chi connectivity index (χ2v) is 4.24. The van der Waals surface area contributed by atoms with Crippen LogP contribution in [0.15, 0.2) is 53.2 Å². The van der Waals surface area contributed by atoms with Crippen molar-refractivity contribution in [1.82, 2.24) is 0 Å². The maximum atomic E-state index is 11.0. The van der Waals surface area contributed by atoms with Crippen LogP contribution in [0.25, 0.3) is 11.1 Å². The Morgan fingerprint density at radius 3 is 2.89 bits per heavy atom. The number of carboxylic acids is 1. The Bertz CT molecular complexity index is 610. The van der Waals surface area contributed by atoms with Gasteiger partial charge in [-0.05, 0) is 36.3 Å². The first-order valence-corrected chi connectivity index (χ1v) is 5.76. The summed E-state index contributed by atoms with van der Waals surface area (Å²) in [7, 11) is 0. The van der Waals surface area contributed by atoms with Crippen LogP contribution < -0.4 is 4.74 Å². The van der Waals surface area contributed by atoms with Crippen molar-refractivity contribution in [2.24, 2.45) is 0 Å². The summed E-state index contributed by atoms with van der Waals surface area (Å²) in [5, 5.41) is 9.02. The molecule has 0 saturated heterocycles. The van der Waals surface area contributed by atoms with Gasteiger partial charge in [0.25, 0.3) is 0 Å². The summed E-state index contributed by atoms with van der Waals surface area (Å²) in [5.41, 5.74) is 2.19. The third kappa shape index (κ3) is 3.04. The molecule has 19 heavy (non-hydrogen) atoms. The average Bonchev–Trinajstić information content (AvgIpc) is 2.86. The molecule has 4 heteroatoms. The Morgan fingerprint density at radius 1 is 1.42 bits per heavy atom. The lowest BCUT2D eigenvalue weighted by molar-refractivity contribution is 0.0663. The second-order valence-electron chi connectivity index (χ2n) is 4.24. The number of furan rings is 1. The summed E-state index contributed by atoms with van der Waals surface area (Å²) in [6, 6.07) is 8.83. The first kappa shape index (κ1) is 13.0. The maximum absolute atomic E-state index is 11.0. The quantitative estimate of drug-likeness (QED) is 0.832. The standard InChI is InChI=1S/C15H14O4/c1-10(2)9-19-12-5-3-4-11(8-12)13-6-7-18-14(13)15(16)17/h3-8H,1,9H2,2H3,(H,16,17). The molecular formula is C15H14O4. The third-order valence-corrected chi connectivity index (χ3v) is 2.49. The highest BCUT2D eigenvalue weighted by molar-refractivity contribution is 5.93. The van der Waals surface area contributed by atoms with E-state index in [1.165, 1.54) is 6.26 Å². The fourth-order valence-electron chi connectivity index (χ4n) is 1.66. The van der Waals surface area contributed by atoms with Crippen LogP contribution in [0.2, 0.25) is 0 Å². The molecule has 0 aliphatic rings. The molecule has 0 radical (unpaired) electrons. The summed E-state index contributed by atoms with van der Waals surface area (Å²) >= 11 is 0. The van der Waals surface area contributed by atoms with Crippen LogP contribution in [0.5, 0.6) is 5.75 Å². The fraction of sp³-hybridized carbons (Fsp3) is 0.133. The van der Waals surface area contributed by atoms with Crippen molar-refractivity contribution in [3.63, 3.8) is 0 Å². The van der Waals surface area contributed by atoms with Crippen LogP contribution in [0.4, 0.5) is 0 Å². The Labute approximate surface area is 110 Å². The van der Waals surface area contributed by atoms with Gasteiger partial charge in [0.1, 0.15) is 12.4 Å². The van der Waals surface area contributed by atoms with Gasteiger partial charge in [-0.2, -0.15) is 0 Å². The molecule has 0 fully saturated rings. The lowest BCUT2D eigenvalue weighted by Crippen LogP contribution is -1.98. The number of rotatable bonds is 5. The van der Waals surface area contributed by atoms with Crippen molar-refractivity contribution in [2.75, 3.05) is 6.61 Å². The average molecular weight is 258 g/mol. The Balaban J connectivity index is 2.30. The zero-order valence-electron chi connectivity index (χ0n) is 10.6. The molecule has 0 atom stereocenters. The van der Waals surface area contributed by atoms with Crippen LogP contribution in [-0.2, 0) is 0 Å². The van der Waals surface area contributed by atoms with Crippen LogP contribution in [0.1, 0.15) is 17.5 Å². The summed E-state index contributed by atoms with van der Waals surface area (Å²) in [5.74, 6) is -0.497. The SMILES string of the molecule is C=C(C)COc1cccc(-c2ccoc2C(=O)O)c1. The largest absolute Gasteiger partial charge is 0.489 e. The third-order valence-electron chi connectivity index (χ3n) is 2.49. The molecule has 98 valence electrons. The van der Waals surface area contributed by atoms with E-state index >= 15 is 0 Å². The summed E-state index contributed by atoms with van der Waals surface area (Å²) < 4.78 is 10.5. The van der Waals surface area contributed by atoms with Gasteiger partial charge >= 0.3 is 5.97 Å². The highest BCUT2D eigenvalue weighted by Gasteiger charge is 2.15. The normalized spacial score (nSPS) is 10.2. The molecule has 1 aromatic carbocycles. The fourth-order valence-corrected chi connectivity index (χ4v) is 1.66. The van der Waals surface area contributed by atoms with Gasteiger partial charge in [-0.3, -0.25) is 0 Å². The number of aromatic carboxylic acids is 1. The van der Waals surface area contributed by atoms with Gasteiger partial charge in [0.15, 0.2) is 0 Å². The van der Waals surface area contributed by atoms with Gasteiger partial charge in [0.2, 0.25) is 5.76 Å². The van der Waals surface area contributed by atoms with Gasteiger partial charge in [-0.1, -0.05) is 18.7 Å². The molecule has 0 aliphatic heterocycles. The second kappa shape index (κ2) is 5.44. The lowest BCUT2D eigenvalue weighted by atomic mass is 10.1. The van der Waals surface area contributed by atoms with Crippen molar-refractivity contribution in [1.29, 1.82) is 0 Å². The molecule has 1 heterocycles. The minimum Gasteiger partial charge on any atom is -0.489 e. The van der Waals surface area contributed by atoms with Crippen LogP contribution in [0, 0.1) is 0 Å². The molecule has 2 aromatic rings. The molecule has 1 N–H and O–H groups in total. The van der Waals surface area contributed by atoms with E-state index in [-0.39, 0.29) is 5.76 Å². The first-order valence-electron chi connectivity index (χ1n) is 5.76. The number of hydrogen-bond acceptors (Lipinski definition) is 3. The van der Waals surface area contributed by atoms with E-state index in [0.717, 1.165) is 11.1 Å². The molecule has 0 saturated carbocycles. The molecule has 2 rings (SSSR count). The number of carbonyl (C=O) groups is 1. The molecule has 0 spiro atoms. The van der Waals surface area contributed by atoms with E-state index in [9.17, 15) is 4.79 Å². The van der Waals surface area contributed by atoms with Gasteiger partial charge in [0, 0.05) is 5.56 Å². The molecule has 0 amide bonds. The number of hydrogen-bond donors (Lipinski definition) is 1. The van der Waals surface area contributed by atoms with E-state index in [2.05, 4.69) is 6.58 Å². The summed E-state index contributed by atoms with van der Waals surface area (Å²) in [6.45, 7) is 6.07. The van der Waals surface area contributed by atoms with Gasteiger partial charge in [-0.25, -0.2) is 4.79 Å². The van der Waals surface area contributed by atoms with E-state index in [1.807, 2.05) is 25.1 Å². The highest BCUT2D eigenvalue weighted by Crippen LogP contribution is 2.28. The number of benzene rings is 1. The monoisotopic (exact) mass is 258 g/mol. The van der Waals surface area contributed by atoms with E-state index in [0.29, 0.717) is 17.9 Å². The van der Waals surface area contributed by atoms with Crippen molar-refractivity contribution in [3.05, 3.63) is 54.5 Å². The molecule has 1 aromatic heterocycles. The van der Waals surface area contributed by atoms with E-state index in [1.54, 1.807) is 12.1 Å². The zero-order chi connectivity index (χ0) is 13.8. The number of ether oxygens (including phenoxy) is 1. The Morgan fingerprint density at radius 2 is 2.21 bits per heavy atom. The topological polar surface area (TPSA) is 59.7 Å². The van der Waals surface area contributed by atoms with Gasteiger partial charge in [0.05, 0.1) is 6.26 Å². The first-order chi connectivity index (χ1) is 9.08. The molecule has 0 aliphatic carbocycles. The smallest absolute Gasteiger partial charge is 0.372 e. The Kier molecular flexibility index (Phi) is 3.71. The highest BCUT2D eigenvalue weighted by atomic mass is 16.5. The predicted octanol–water partition coefficient (Wildman–Crippen LogP) is 3.60. The van der Waals surface area contributed by atoms with E-state index < -0.39 is 5.97 Å². The Hall–Kier alpha value is -2.49. The van der Waals surface area contributed by atoms with Crippen LogP contribution in [-0.4, -0.2) is 17.7 Å². The summed E-state index contributed by atoms with van der Waals surface area (Å²) in [4.78, 5) is 11.0. The predicted molar refractivity (Wildman–Crippen MR) is 71.4 cm³/mol. The van der Waals surface area contributed by atoms with Crippen molar-refractivity contribution < 1.29 is 19.1 Å². The molecule has 4 nitrogen and oxygen atoms in total. The van der Waals surface area contributed by atoms with Crippen LogP contribution in [0.3, 0.4) is 0 Å². The van der Waals surface area contributed by atoms with Crippen LogP contribution >= 0.6 is 0 Å². The lowest BCUT2D eigenvalue weighted by Gasteiger charge is -2.07. The van der Waals surface area contributed by atoms with Gasteiger partial charge in [-0.15, -0.1) is 0 Å². The van der Waals surface area contributed by atoms with E-state index in [4.69, 9.17) is 14.3 Å². The minimum absolute atomic E-state index is 0.0722. The molecule has 0 bridgehead atoms. The van der Waals surface area contributed by atoms with Crippen molar-refractivity contribution >= 4 is 5.97 Å². The zero-order valence-corrected chi connectivity index (χ0v) is 10.6. The minimum atomic E-state index is -1.09. The molecule has 0 unspecified atom stereocenters. The van der Waals surface area contributed by atoms with Crippen molar-refractivity contribution in [2.45, 2.75) is 6.92 Å². The number of carboxylic acid groups (broad SMARTS) is 1. The maximum Gasteiger partial charge on any atom is 0.372 e. The van der Waals surface area contributed by atoms with Gasteiger partial charge < -0.3 is 14.3 Å².